The van der Waals surface area contributed by atoms with E-state index in [1.807, 2.05) is 0 Å². The zero-order chi connectivity index (χ0) is 20.1. The van der Waals surface area contributed by atoms with Crippen molar-refractivity contribution in [2.24, 2.45) is 0 Å². The Kier molecular flexibility index (Phi) is 5.93. The van der Waals surface area contributed by atoms with Crippen molar-refractivity contribution < 1.29 is 31.9 Å². The third kappa shape index (κ3) is 4.48. The first kappa shape index (κ1) is 19.8. The molecule has 9 heteroatoms. The van der Waals surface area contributed by atoms with Crippen molar-refractivity contribution >= 4 is 0 Å². The SMILES string of the molecule is OCc1ccc(-c2noc(-c3ccc(OCCCF)c(C(F)(F)F)c3)n2)cc1. The average Bonchev–Trinajstić information content (AvgIpc) is 3.18. The molecule has 0 saturated heterocycles. The van der Waals surface area contributed by atoms with Crippen LogP contribution >= 0.6 is 0 Å². The predicted octanol–water partition coefficient (Wildman–Crippen LogP) is 4.65. The van der Waals surface area contributed by atoms with E-state index in [1.54, 1.807) is 24.3 Å². The smallest absolute Gasteiger partial charge is 0.419 e. The zero-order valence-electron chi connectivity index (χ0n) is 14.5. The number of ether oxygens (including phenoxy) is 1. The third-order valence-corrected chi connectivity index (χ3v) is 3.89. The minimum absolute atomic E-state index is 0.00113. The van der Waals surface area contributed by atoms with Crippen molar-refractivity contribution in [1.29, 1.82) is 0 Å². The Morgan fingerprint density at radius 1 is 1.04 bits per heavy atom. The van der Waals surface area contributed by atoms with Crippen molar-refractivity contribution in [2.75, 3.05) is 13.3 Å². The van der Waals surface area contributed by atoms with E-state index in [1.165, 1.54) is 6.07 Å². The summed E-state index contributed by atoms with van der Waals surface area (Å²) in [6, 6.07) is 10.1. The summed E-state index contributed by atoms with van der Waals surface area (Å²) in [4.78, 5) is 4.14. The highest BCUT2D eigenvalue weighted by atomic mass is 19.4. The summed E-state index contributed by atoms with van der Waals surface area (Å²) in [7, 11) is 0. The predicted molar refractivity (Wildman–Crippen MR) is 92.2 cm³/mol. The van der Waals surface area contributed by atoms with E-state index >= 15 is 0 Å². The molecule has 5 nitrogen and oxygen atoms in total. The summed E-state index contributed by atoms with van der Waals surface area (Å²) in [5.41, 5.74) is 0.367. The highest BCUT2D eigenvalue weighted by molar-refractivity contribution is 5.62. The van der Waals surface area contributed by atoms with Crippen LogP contribution in [0.5, 0.6) is 5.75 Å². The fourth-order valence-electron chi connectivity index (χ4n) is 2.46. The lowest BCUT2D eigenvalue weighted by Gasteiger charge is -2.14. The molecular weight excluding hydrogens is 380 g/mol. The standard InChI is InChI=1S/C19H16F4N2O3/c20-8-1-9-27-16-7-6-14(10-15(16)19(21,22)23)18-24-17(25-28-18)13-4-2-12(11-26)3-5-13/h2-7,10,26H,1,8-9,11H2. The molecule has 0 aliphatic carbocycles. The second-order valence-corrected chi connectivity index (χ2v) is 5.88. The van der Waals surface area contributed by atoms with Gasteiger partial charge in [-0.05, 0) is 23.8 Å². The largest absolute Gasteiger partial charge is 0.493 e. The van der Waals surface area contributed by atoms with Gasteiger partial charge in [-0.2, -0.15) is 18.2 Å². The van der Waals surface area contributed by atoms with Gasteiger partial charge in [0, 0.05) is 17.5 Å². The molecule has 1 aromatic heterocycles. The van der Waals surface area contributed by atoms with Gasteiger partial charge in [-0.3, -0.25) is 4.39 Å². The van der Waals surface area contributed by atoms with Gasteiger partial charge < -0.3 is 14.4 Å². The quantitative estimate of drug-likeness (QED) is 0.465. The molecule has 2 aromatic carbocycles. The number of hydrogen-bond acceptors (Lipinski definition) is 5. The third-order valence-electron chi connectivity index (χ3n) is 3.89. The second kappa shape index (κ2) is 8.39. The number of alkyl halides is 4. The maximum Gasteiger partial charge on any atom is 0.419 e. The van der Waals surface area contributed by atoms with Crippen molar-refractivity contribution in [3.63, 3.8) is 0 Å². The molecule has 0 unspecified atom stereocenters. The molecule has 0 spiro atoms. The van der Waals surface area contributed by atoms with Gasteiger partial charge in [-0.15, -0.1) is 0 Å². The van der Waals surface area contributed by atoms with Crippen molar-refractivity contribution in [1.82, 2.24) is 10.1 Å². The molecule has 3 aromatic rings. The minimum Gasteiger partial charge on any atom is -0.493 e. The molecule has 28 heavy (non-hydrogen) atoms. The fraction of sp³-hybridized carbons (Fsp3) is 0.263. The molecule has 0 bridgehead atoms. The molecule has 0 aliphatic heterocycles. The summed E-state index contributed by atoms with van der Waals surface area (Å²) in [6.07, 6.45) is -4.66. The lowest BCUT2D eigenvalue weighted by atomic mass is 10.1. The van der Waals surface area contributed by atoms with Gasteiger partial charge in [0.05, 0.1) is 25.5 Å². The Balaban J connectivity index is 1.90. The maximum absolute atomic E-state index is 13.4. The molecule has 148 valence electrons. The first-order valence-electron chi connectivity index (χ1n) is 8.36. The van der Waals surface area contributed by atoms with Gasteiger partial charge in [0.1, 0.15) is 5.75 Å². The van der Waals surface area contributed by atoms with Crippen molar-refractivity contribution in [2.45, 2.75) is 19.2 Å². The summed E-state index contributed by atoms with van der Waals surface area (Å²) in [6.45, 7) is -0.950. The van der Waals surface area contributed by atoms with Crippen LogP contribution in [0.4, 0.5) is 17.6 Å². The first-order valence-corrected chi connectivity index (χ1v) is 8.36. The molecule has 0 fully saturated rings. The molecule has 0 aliphatic rings. The Hall–Kier alpha value is -2.94. The van der Waals surface area contributed by atoms with Crippen LogP contribution in [0, 0.1) is 0 Å². The van der Waals surface area contributed by atoms with E-state index in [4.69, 9.17) is 14.4 Å². The summed E-state index contributed by atoms with van der Waals surface area (Å²) in [5.74, 6) is -0.262. The Bertz CT molecular complexity index is 924. The van der Waals surface area contributed by atoms with Gasteiger partial charge in [-0.25, -0.2) is 0 Å². The Labute approximate surface area is 157 Å². The van der Waals surface area contributed by atoms with Crippen LogP contribution in [0.3, 0.4) is 0 Å². The van der Waals surface area contributed by atoms with Gasteiger partial charge in [0.2, 0.25) is 5.82 Å². The fourth-order valence-corrected chi connectivity index (χ4v) is 2.46. The van der Waals surface area contributed by atoms with Gasteiger partial charge >= 0.3 is 6.18 Å². The van der Waals surface area contributed by atoms with Crippen molar-refractivity contribution in [3.8, 4) is 28.6 Å². The monoisotopic (exact) mass is 396 g/mol. The Morgan fingerprint density at radius 3 is 2.39 bits per heavy atom. The van der Waals surface area contributed by atoms with E-state index in [9.17, 15) is 17.6 Å². The number of aliphatic hydroxyl groups excluding tert-OH is 1. The number of halogens is 4. The topological polar surface area (TPSA) is 68.4 Å². The molecule has 1 heterocycles. The molecule has 3 rings (SSSR count). The number of aromatic nitrogens is 2. The maximum atomic E-state index is 13.4. The van der Waals surface area contributed by atoms with Crippen LogP contribution in [0.1, 0.15) is 17.5 Å². The van der Waals surface area contributed by atoms with E-state index in [2.05, 4.69) is 10.1 Å². The highest BCUT2D eigenvalue weighted by Crippen LogP contribution is 2.38. The number of aliphatic hydroxyl groups is 1. The van der Waals surface area contributed by atoms with Gasteiger partial charge in [0.25, 0.3) is 5.89 Å². The van der Waals surface area contributed by atoms with Crippen LogP contribution in [0.15, 0.2) is 47.0 Å². The van der Waals surface area contributed by atoms with Crippen LogP contribution in [-0.4, -0.2) is 28.5 Å². The van der Waals surface area contributed by atoms with E-state index in [0.717, 1.165) is 12.1 Å². The lowest BCUT2D eigenvalue weighted by molar-refractivity contribution is -0.138. The Morgan fingerprint density at radius 2 is 1.75 bits per heavy atom. The number of rotatable bonds is 7. The molecule has 1 N–H and O–H groups in total. The minimum atomic E-state index is -4.66. The van der Waals surface area contributed by atoms with E-state index in [0.29, 0.717) is 11.1 Å². The number of hydrogen-bond donors (Lipinski definition) is 1. The molecular formula is C19H16F4N2O3. The van der Waals surface area contributed by atoms with E-state index < -0.39 is 18.4 Å². The summed E-state index contributed by atoms with van der Waals surface area (Å²) >= 11 is 0. The summed E-state index contributed by atoms with van der Waals surface area (Å²) in [5, 5.41) is 12.9. The molecule has 0 atom stereocenters. The normalized spacial score (nSPS) is 11.6. The van der Waals surface area contributed by atoms with Crippen LogP contribution < -0.4 is 4.74 Å². The zero-order valence-corrected chi connectivity index (χ0v) is 14.5. The number of benzene rings is 2. The highest BCUT2D eigenvalue weighted by Gasteiger charge is 2.35. The first-order chi connectivity index (χ1) is 13.4. The van der Waals surface area contributed by atoms with Crippen LogP contribution in [0.2, 0.25) is 0 Å². The van der Waals surface area contributed by atoms with Crippen molar-refractivity contribution in [3.05, 3.63) is 53.6 Å². The second-order valence-electron chi connectivity index (χ2n) is 5.88. The summed E-state index contributed by atoms with van der Waals surface area (Å²) < 4.78 is 62.4. The van der Waals surface area contributed by atoms with Crippen LogP contribution in [0.25, 0.3) is 22.8 Å². The lowest BCUT2D eigenvalue weighted by Crippen LogP contribution is -2.10. The average molecular weight is 396 g/mol. The van der Waals surface area contributed by atoms with Crippen LogP contribution in [-0.2, 0) is 12.8 Å². The molecule has 0 saturated carbocycles. The van der Waals surface area contributed by atoms with Gasteiger partial charge in [-0.1, -0.05) is 29.4 Å². The molecule has 0 radical (unpaired) electrons. The van der Waals surface area contributed by atoms with E-state index in [-0.39, 0.29) is 42.7 Å². The van der Waals surface area contributed by atoms with Gasteiger partial charge in [0.15, 0.2) is 0 Å². The number of nitrogens with zero attached hydrogens (tertiary/aromatic N) is 2. The molecule has 0 amide bonds.